The molecule has 0 bridgehead atoms. The molecular formula is C35H70N2O3. The molecule has 0 aliphatic rings. The van der Waals surface area contributed by atoms with Gasteiger partial charge in [0.05, 0.1) is 6.61 Å². The molecule has 1 N–H and O–H groups in total. The summed E-state index contributed by atoms with van der Waals surface area (Å²) >= 11 is 0. The monoisotopic (exact) mass is 567 g/mol. The Hall–Kier alpha value is -1.10. The molecule has 0 aliphatic carbocycles. The predicted molar refractivity (Wildman–Crippen MR) is 173 cm³/mol. The third kappa shape index (κ3) is 17.0. The van der Waals surface area contributed by atoms with Crippen LogP contribution in [0.4, 0.5) is 0 Å². The molecule has 0 aromatic carbocycles. The third-order valence-corrected chi connectivity index (χ3v) is 8.69. The van der Waals surface area contributed by atoms with E-state index >= 15 is 0 Å². The van der Waals surface area contributed by atoms with Crippen LogP contribution in [0.3, 0.4) is 0 Å². The molecule has 0 saturated heterocycles. The van der Waals surface area contributed by atoms with Crippen molar-refractivity contribution >= 4 is 11.8 Å². The molecule has 40 heavy (non-hydrogen) atoms. The van der Waals surface area contributed by atoms with Gasteiger partial charge in [0, 0.05) is 37.1 Å². The SMILES string of the molecule is CCCCCCCC(C)(CCCC)N(C(=O)CCC(=O)NCCOCC)C(C)(CCCCCC)CCCCCC. The van der Waals surface area contributed by atoms with Gasteiger partial charge >= 0.3 is 0 Å². The van der Waals surface area contributed by atoms with E-state index in [1.807, 2.05) is 6.92 Å². The van der Waals surface area contributed by atoms with Crippen molar-refractivity contribution < 1.29 is 14.3 Å². The molecule has 0 rings (SSSR count). The van der Waals surface area contributed by atoms with Crippen LogP contribution in [0.5, 0.6) is 0 Å². The predicted octanol–water partition coefficient (Wildman–Crippen LogP) is 9.76. The van der Waals surface area contributed by atoms with E-state index in [2.05, 4.69) is 51.8 Å². The number of unbranched alkanes of at least 4 members (excludes halogenated alkanes) is 11. The van der Waals surface area contributed by atoms with Crippen molar-refractivity contribution in [3.05, 3.63) is 0 Å². The topological polar surface area (TPSA) is 58.6 Å². The van der Waals surface area contributed by atoms with Gasteiger partial charge in [-0.15, -0.1) is 0 Å². The molecule has 0 aromatic rings. The molecular weight excluding hydrogens is 496 g/mol. The Kier molecular flexibility index (Phi) is 23.8. The Labute approximate surface area is 250 Å². The summed E-state index contributed by atoms with van der Waals surface area (Å²) in [6.45, 7) is 17.4. The van der Waals surface area contributed by atoms with Crippen LogP contribution in [0.2, 0.25) is 0 Å². The molecule has 0 radical (unpaired) electrons. The van der Waals surface area contributed by atoms with Gasteiger partial charge < -0.3 is 15.0 Å². The van der Waals surface area contributed by atoms with Crippen LogP contribution in [0.15, 0.2) is 0 Å². The lowest BCUT2D eigenvalue weighted by Crippen LogP contribution is -2.61. The average molecular weight is 567 g/mol. The summed E-state index contributed by atoms with van der Waals surface area (Å²) in [6, 6.07) is 0. The summed E-state index contributed by atoms with van der Waals surface area (Å²) in [4.78, 5) is 29.3. The van der Waals surface area contributed by atoms with Gasteiger partial charge in [0.2, 0.25) is 11.8 Å². The summed E-state index contributed by atoms with van der Waals surface area (Å²) in [7, 11) is 0. The Morgan fingerprint density at radius 2 is 1.02 bits per heavy atom. The summed E-state index contributed by atoms with van der Waals surface area (Å²) in [5.41, 5.74) is -0.342. The zero-order chi connectivity index (χ0) is 30.1. The maximum atomic E-state index is 14.3. The highest BCUT2D eigenvalue weighted by Gasteiger charge is 2.44. The van der Waals surface area contributed by atoms with E-state index in [1.54, 1.807) is 0 Å². The minimum absolute atomic E-state index is 0.0459. The van der Waals surface area contributed by atoms with Gasteiger partial charge in [0.15, 0.2) is 0 Å². The summed E-state index contributed by atoms with van der Waals surface area (Å²) in [5.74, 6) is 0.135. The van der Waals surface area contributed by atoms with Crippen molar-refractivity contribution in [1.82, 2.24) is 10.2 Å². The van der Waals surface area contributed by atoms with Crippen LogP contribution in [-0.2, 0) is 14.3 Å². The van der Waals surface area contributed by atoms with Gasteiger partial charge in [-0.25, -0.2) is 0 Å². The molecule has 238 valence electrons. The average Bonchev–Trinajstić information content (AvgIpc) is 2.93. The number of nitrogens with one attached hydrogen (secondary N) is 1. The Morgan fingerprint density at radius 1 is 0.600 bits per heavy atom. The molecule has 5 nitrogen and oxygen atoms in total. The lowest BCUT2D eigenvalue weighted by molar-refractivity contribution is -0.150. The second kappa shape index (κ2) is 24.5. The van der Waals surface area contributed by atoms with Gasteiger partial charge in [0.25, 0.3) is 0 Å². The fourth-order valence-electron chi connectivity index (χ4n) is 6.31. The van der Waals surface area contributed by atoms with E-state index in [0.717, 1.165) is 38.5 Å². The Bertz CT molecular complexity index is 612. The fraction of sp³-hybridized carbons (Fsp3) is 0.943. The molecule has 0 fully saturated rings. The summed E-state index contributed by atoms with van der Waals surface area (Å²) < 4.78 is 5.36. The lowest BCUT2D eigenvalue weighted by atomic mass is 9.78. The van der Waals surface area contributed by atoms with Crippen LogP contribution in [0.25, 0.3) is 0 Å². The lowest BCUT2D eigenvalue weighted by Gasteiger charge is -2.53. The first-order valence-electron chi connectivity index (χ1n) is 17.4. The fourth-order valence-corrected chi connectivity index (χ4v) is 6.31. The number of carbonyl (C=O) groups excluding carboxylic acids is 2. The largest absolute Gasteiger partial charge is 0.380 e. The Balaban J connectivity index is 6.05. The zero-order valence-corrected chi connectivity index (χ0v) is 28.1. The zero-order valence-electron chi connectivity index (χ0n) is 28.1. The van der Waals surface area contributed by atoms with Crippen molar-refractivity contribution in [3.8, 4) is 0 Å². The van der Waals surface area contributed by atoms with Gasteiger partial charge in [-0.3, -0.25) is 9.59 Å². The smallest absolute Gasteiger partial charge is 0.223 e. The minimum atomic E-state index is -0.172. The van der Waals surface area contributed by atoms with E-state index in [9.17, 15) is 9.59 Å². The highest BCUT2D eigenvalue weighted by Crippen LogP contribution is 2.40. The number of ether oxygens (including phenoxy) is 1. The highest BCUT2D eigenvalue weighted by atomic mass is 16.5. The van der Waals surface area contributed by atoms with Gasteiger partial charge in [-0.05, 0) is 46.5 Å². The highest BCUT2D eigenvalue weighted by molar-refractivity contribution is 5.84. The van der Waals surface area contributed by atoms with E-state index in [4.69, 9.17) is 4.74 Å². The molecule has 1 atom stereocenters. The first-order chi connectivity index (χ1) is 19.2. The third-order valence-electron chi connectivity index (χ3n) is 8.69. The van der Waals surface area contributed by atoms with E-state index in [-0.39, 0.29) is 35.7 Å². The van der Waals surface area contributed by atoms with Crippen LogP contribution < -0.4 is 5.32 Å². The van der Waals surface area contributed by atoms with Gasteiger partial charge in [0.1, 0.15) is 0 Å². The quantitative estimate of drug-likeness (QED) is 0.0959. The number of carbonyl (C=O) groups is 2. The van der Waals surface area contributed by atoms with E-state index < -0.39 is 0 Å². The summed E-state index contributed by atoms with van der Waals surface area (Å²) in [6.07, 6.45) is 23.0. The van der Waals surface area contributed by atoms with Crippen molar-refractivity contribution in [2.24, 2.45) is 0 Å². The first kappa shape index (κ1) is 38.9. The second-order valence-electron chi connectivity index (χ2n) is 12.7. The number of hydrogen-bond acceptors (Lipinski definition) is 3. The minimum Gasteiger partial charge on any atom is -0.380 e. The van der Waals surface area contributed by atoms with Gasteiger partial charge in [-0.2, -0.15) is 0 Å². The standard InChI is InChI=1S/C35H70N2O3/c1-8-13-17-20-23-29-34(6,26-16-11-4)37(33(39)25-24-32(38)36-30-31-40-12-5)35(7,27-21-18-14-9-2)28-22-19-15-10-3/h8-31H2,1-7H3,(H,36,38). The van der Waals surface area contributed by atoms with Crippen molar-refractivity contribution in [3.63, 3.8) is 0 Å². The number of nitrogens with zero attached hydrogens (tertiary/aromatic N) is 1. The maximum Gasteiger partial charge on any atom is 0.223 e. The van der Waals surface area contributed by atoms with Crippen LogP contribution in [-0.4, -0.2) is 47.6 Å². The van der Waals surface area contributed by atoms with Crippen LogP contribution in [0.1, 0.15) is 183 Å². The number of hydrogen-bond donors (Lipinski definition) is 1. The molecule has 0 aliphatic heterocycles. The second-order valence-corrected chi connectivity index (χ2v) is 12.7. The van der Waals surface area contributed by atoms with Crippen molar-refractivity contribution in [2.75, 3.05) is 19.8 Å². The molecule has 0 spiro atoms. The van der Waals surface area contributed by atoms with Crippen LogP contribution >= 0.6 is 0 Å². The van der Waals surface area contributed by atoms with Gasteiger partial charge in [-0.1, -0.05) is 124 Å². The number of rotatable bonds is 28. The normalized spacial score (nSPS) is 13.3. The number of amides is 2. The van der Waals surface area contributed by atoms with E-state index in [0.29, 0.717) is 19.8 Å². The molecule has 1 unspecified atom stereocenters. The van der Waals surface area contributed by atoms with Crippen molar-refractivity contribution in [2.45, 2.75) is 194 Å². The molecule has 5 heteroatoms. The first-order valence-corrected chi connectivity index (χ1v) is 17.4. The summed E-state index contributed by atoms with van der Waals surface area (Å²) in [5, 5.41) is 2.94. The van der Waals surface area contributed by atoms with Crippen molar-refractivity contribution in [1.29, 1.82) is 0 Å². The molecule has 0 heterocycles. The van der Waals surface area contributed by atoms with Crippen LogP contribution in [0, 0.1) is 0 Å². The Morgan fingerprint density at radius 3 is 1.48 bits per heavy atom. The maximum absolute atomic E-state index is 14.3. The molecule has 2 amide bonds. The molecule has 0 aromatic heterocycles. The molecule has 0 saturated carbocycles. The van der Waals surface area contributed by atoms with E-state index in [1.165, 1.54) is 83.5 Å².